The van der Waals surface area contributed by atoms with Crippen molar-refractivity contribution in [3.8, 4) is 0 Å². The Morgan fingerprint density at radius 3 is 2.72 bits per heavy atom. The smallest absolute Gasteiger partial charge is 0.326 e. The molecule has 1 rings (SSSR count). The maximum absolute atomic E-state index is 11.6. The number of aliphatic carboxylic acids is 1. The Morgan fingerprint density at radius 2 is 2.22 bits per heavy atom. The number of carbonyl (C=O) groups excluding carboxylic acids is 1. The minimum Gasteiger partial charge on any atom is -0.480 e. The Labute approximate surface area is 105 Å². The number of carbonyl (C=O) groups is 2. The summed E-state index contributed by atoms with van der Waals surface area (Å²) in [6.07, 6.45) is 3.74. The van der Waals surface area contributed by atoms with E-state index in [1.807, 2.05) is 6.92 Å². The topological polar surface area (TPSA) is 91.3 Å². The minimum atomic E-state index is -1.04. The van der Waals surface area contributed by atoms with Crippen molar-refractivity contribution in [1.29, 1.82) is 0 Å². The summed E-state index contributed by atoms with van der Waals surface area (Å²) in [5.74, 6) is -1.17. The van der Waals surface area contributed by atoms with Crippen molar-refractivity contribution in [2.24, 2.45) is 5.92 Å². The molecule has 0 aliphatic rings. The molecule has 18 heavy (non-hydrogen) atoms. The van der Waals surface area contributed by atoms with E-state index in [4.69, 9.17) is 5.11 Å². The van der Waals surface area contributed by atoms with Crippen molar-refractivity contribution in [2.75, 3.05) is 5.32 Å². The van der Waals surface area contributed by atoms with Gasteiger partial charge in [-0.05, 0) is 18.1 Å². The molecule has 0 spiro atoms. The number of anilines is 1. The molecule has 1 heterocycles. The van der Waals surface area contributed by atoms with Crippen molar-refractivity contribution in [1.82, 2.24) is 10.3 Å². The Balaban J connectivity index is 2.60. The third-order valence-corrected chi connectivity index (χ3v) is 2.69. The van der Waals surface area contributed by atoms with Crippen molar-refractivity contribution < 1.29 is 14.7 Å². The molecule has 2 amide bonds. The van der Waals surface area contributed by atoms with Gasteiger partial charge in [-0.1, -0.05) is 20.3 Å². The van der Waals surface area contributed by atoms with Gasteiger partial charge in [0.2, 0.25) is 0 Å². The van der Waals surface area contributed by atoms with E-state index < -0.39 is 18.0 Å². The molecule has 98 valence electrons. The summed E-state index contributed by atoms with van der Waals surface area (Å²) in [6.45, 7) is 3.66. The quantitative estimate of drug-likeness (QED) is 0.742. The third-order valence-electron chi connectivity index (χ3n) is 2.69. The second kappa shape index (κ2) is 6.58. The molecule has 0 fully saturated rings. The van der Waals surface area contributed by atoms with Crippen LogP contribution in [0, 0.1) is 5.92 Å². The molecule has 6 heteroatoms. The van der Waals surface area contributed by atoms with Crippen molar-refractivity contribution >= 4 is 17.7 Å². The number of urea groups is 1. The van der Waals surface area contributed by atoms with Crippen LogP contribution < -0.4 is 10.6 Å². The highest BCUT2D eigenvalue weighted by atomic mass is 16.4. The number of carboxylic acids is 1. The molecule has 1 aromatic heterocycles. The van der Waals surface area contributed by atoms with E-state index >= 15 is 0 Å². The van der Waals surface area contributed by atoms with Gasteiger partial charge in [-0.2, -0.15) is 0 Å². The summed E-state index contributed by atoms with van der Waals surface area (Å²) < 4.78 is 0. The zero-order chi connectivity index (χ0) is 13.5. The molecule has 2 atom stereocenters. The van der Waals surface area contributed by atoms with Gasteiger partial charge >= 0.3 is 12.0 Å². The lowest BCUT2D eigenvalue weighted by Gasteiger charge is -2.20. The second-order valence-electron chi connectivity index (χ2n) is 4.04. The summed E-state index contributed by atoms with van der Waals surface area (Å²) in [5, 5.41) is 14.0. The molecule has 6 nitrogen and oxygen atoms in total. The molecular weight excluding hydrogens is 234 g/mol. The zero-order valence-corrected chi connectivity index (χ0v) is 10.4. The lowest BCUT2D eigenvalue weighted by molar-refractivity contribution is -0.140. The number of rotatable bonds is 5. The fourth-order valence-electron chi connectivity index (χ4n) is 1.43. The Hall–Kier alpha value is -2.11. The minimum absolute atomic E-state index is 0.137. The highest BCUT2D eigenvalue weighted by Crippen LogP contribution is 2.09. The summed E-state index contributed by atoms with van der Waals surface area (Å²) in [6, 6.07) is 1.91. The van der Waals surface area contributed by atoms with Crippen LogP contribution in [-0.2, 0) is 4.79 Å². The van der Waals surface area contributed by atoms with Crippen LogP contribution in [0.1, 0.15) is 20.3 Å². The lowest BCUT2D eigenvalue weighted by atomic mass is 9.99. The van der Waals surface area contributed by atoms with Crippen LogP contribution in [0.3, 0.4) is 0 Å². The number of carboxylic acid groups (broad SMARTS) is 1. The number of nitrogens with zero attached hydrogens (tertiary/aromatic N) is 1. The maximum atomic E-state index is 11.6. The van der Waals surface area contributed by atoms with Crippen LogP contribution in [-0.4, -0.2) is 28.1 Å². The molecule has 1 aromatic rings. The molecule has 0 radical (unpaired) electrons. The second-order valence-corrected chi connectivity index (χ2v) is 4.04. The van der Waals surface area contributed by atoms with Gasteiger partial charge < -0.3 is 15.7 Å². The summed E-state index contributed by atoms with van der Waals surface area (Å²) >= 11 is 0. The molecular formula is C12H17N3O3. The molecule has 0 bridgehead atoms. The van der Waals surface area contributed by atoms with Crippen LogP contribution in [0.5, 0.6) is 0 Å². The predicted molar refractivity (Wildman–Crippen MR) is 67.3 cm³/mol. The maximum Gasteiger partial charge on any atom is 0.326 e. The Kier molecular flexibility index (Phi) is 5.10. The van der Waals surface area contributed by atoms with Gasteiger partial charge in [0, 0.05) is 6.20 Å². The van der Waals surface area contributed by atoms with Crippen molar-refractivity contribution in [3.63, 3.8) is 0 Å². The van der Waals surface area contributed by atoms with Crippen LogP contribution >= 0.6 is 0 Å². The number of pyridine rings is 1. The summed E-state index contributed by atoms with van der Waals surface area (Å²) in [4.78, 5) is 26.5. The van der Waals surface area contributed by atoms with Gasteiger partial charge in [-0.25, -0.2) is 9.59 Å². The number of amides is 2. The molecule has 0 aliphatic carbocycles. The summed E-state index contributed by atoms with van der Waals surface area (Å²) in [5.41, 5.74) is 0.517. The summed E-state index contributed by atoms with van der Waals surface area (Å²) in [7, 11) is 0. The van der Waals surface area contributed by atoms with E-state index in [1.54, 1.807) is 25.3 Å². The lowest BCUT2D eigenvalue weighted by Crippen LogP contribution is -2.46. The molecule has 0 unspecified atom stereocenters. The van der Waals surface area contributed by atoms with Crippen LogP contribution in [0.2, 0.25) is 0 Å². The number of nitrogens with one attached hydrogen (secondary N) is 2. The Morgan fingerprint density at radius 1 is 1.50 bits per heavy atom. The van der Waals surface area contributed by atoms with E-state index in [0.29, 0.717) is 12.1 Å². The van der Waals surface area contributed by atoms with Crippen LogP contribution in [0.4, 0.5) is 10.5 Å². The van der Waals surface area contributed by atoms with E-state index in [0.717, 1.165) is 0 Å². The van der Waals surface area contributed by atoms with Gasteiger partial charge in [0.15, 0.2) is 0 Å². The highest BCUT2D eigenvalue weighted by Gasteiger charge is 2.25. The normalized spacial score (nSPS) is 13.4. The average molecular weight is 251 g/mol. The first kappa shape index (κ1) is 14.0. The molecule has 0 saturated heterocycles. The van der Waals surface area contributed by atoms with Crippen LogP contribution in [0.25, 0.3) is 0 Å². The van der Waals surface area contributed by atoms with Gasteiger partial charge in [0.25, 0.3) is 0 Å². The highest BCUT2D eigenvalue weighted by molar-refractivity contribution is 5.92. The third kappa shape index (κ3) is 4.04. The number of aromatic nitrogens is 1. The monoisotopic (exact) mass is 251 g/mol. The first-order valence-electron chi connectivity index (χ1n) is 5.75. The van der Waals surface area contributed by atoms with Gasteiger partial charge in [-0.15, -0.1) is 0 Å². The predicted octanol–water partition coefficient (Wildman–Crippen LogP) is 1.70. The number of hydrogen-bond acceptors (Lipinski definition) is 3. The average Bonchev–Trinajstić information content (AvgIpc) is 2.36. The van der Waals surface area contributed by atoms with Gasteiger partial charge in [-0.3, -0.25) is 4.98 Å². The SMILES string of the molecule is CC[C@H](C)[C@H](NC(=O)Nc1cccnc1)C(=O)O. The first-order chi connectivity index (χ1) is 8.54. The molecule has 0 saturated carbocycles. The van der Waals surface area contributed by atoms with Gasteiger partial charge in [0.05, 0.1) is 11.9 Å². The van der Waals surface area contributed by atoms with E-state index in [9.17, 15) is 9.59 Å². The van der Waals surface area contributed by atoms with Crippen molar-refractivity contribution in [3.05, 3.63) is 24.5 Å². The van der Waals surface area contributed by atoms with Gasteiger partial charge in [0.1, 0.15) is 6.04 Å². The van der Waals surface area contributed by atoms with E-state index in [1.165, 1.54) is 6.20 Å². The largest absolute Gasteiger partial charge is 0.480 e. The van der Waals surface area contributed by atoms with E-state index in [2.05, 4.69) is 15.6 Å². The molecule has 0 aromatic carbocycles. The fraction of sp³-hybridized carbons (Fsp3) is 0.417. The van der Waals surface area contributed by atoms with Crippen LogP contribution in [0.15, 0.2) is 24.5 Å². The standard InChI is InChI=1S/C12H17N3O3/c1-3-8(2)10(11(16)17)15-12(18)14-9-5-4-6-13-7-9/h4-8,10H,3H2,1-2H3,(H,16,17)(H2,14,15,18)/t8-,10-/m0/s1. The zero-order valence-electron chi connectivity index (χ0n) is 10.4. The Bertz CT molecular complexity index is 408. The first-order valence-corrected chi connectivity index (χ1v) is 5.75. The fourth-order valence-corrected chi connectivity index (χ4v) is 1.43. The number of hydrogen-bond donors (Lipinski definition) is 3. The molecule has 0 aliphatic heterocycles. The molecule has 3 N–H and O–H groups in total. The van der Waals surface area contributed by atoms with E-state index in [-0.39, 0.29) is 5.92 Å². The van der Waals surface area contributed by atoms with Crippen molar-refractivity contribution in [2.45, 2.75) is 26.3 Å².